The Bertz CT molecular complexity index is 438. The average Bonchev–Trinajstić information content (AvgIpc) is 3.00. The van der Waals surface area contributed by atoms with Crippen LogP contribution >= 0.6 is 0 Å². The summed E-state index contributed by atoms with van der Waals surface area (Å²) >= 11 is 0. The molecule has 1 aromatic rings. The van der Waals surface area contributed by atoms with Gasteiger partial charge in [0, 0.05) is 18.8 Å². The Morgan fingerprint density at radius 1 is 1.43 bits per heavy atom. The number of nitrogens with one attached hydrogen (secondary N) is 1. The van der Waals surface area contributed by atoms with Gasteiger partial charge in [0.05, 0.1) is 6.54 Å². The number of ether oxygens (including phenoxy) is 1. The van der Waals surface area contributed by atoms with Gasteiger partial charge in [-0.2, -0.15) is 0 Å². The lowest BCUT2D eigenvalue weighted by molar-refractivity contribution is 0.201. The minimum atomic E-state index is 0.347. The van der Waals surface area contributed by atoms with Gasteiger partial charge in [-0.25, -0.2) is 9.98 Å². The third-order valence-corrected chi connectivity index (χ3v) is 3.66. The number of rotatable bonds is 7. The Morgan fingerprint density at radius 3 is 2.90 bits per heavy atom. The van der Waals surface area contributed by atoms with Gasteiger partial charge in [-0.05, 0) is 37.7 Å². The first-order chi connectivity index (χ1) is 10.3. The van der Waals surface area contributed by atoms with E-state index in [1.54, 1.807) is 0 Å². The van der Waals surface area contributed by atoms with Gasteiger partial charge in [-0.1, -0.05) is 19.4 Å². The zero-order chi connectivity index (χ0) is 14.9. The first-order valence-corrected chi connectivity index (χ1v) is 7.93. The smallest absolute Gasteiger partial charge is 0.213 e. The molecule has 5 nitrogen and oxygen atoms in total. The van der Waals surface area contributed by atoms with Gasteiger partial charge in [0.2, 0.25) is 5.88 Å². The largest absolute Gasteiger partial charge is 0.474 e. The minimum Gasteiger partial charge on any atom is -0.474 e. The van der Waals surface area contributed by atoms with E-state index in [-0.39, 0.29) is 0 Å². The third-order valence-electron chi connectivity index (χ3n) is 3.66. The van der Waals surface area contributed by atoms with Crippen molar-refractivity contribution in [2.75, 3.05) is 6.54 Å². The summed E-state index contributed by atoms with van der Waals surface area (Å²) in [5.41, 5.74) is 6.83. The average molecular weight is 290 g/mol. The van der Waals surface area contributed by atoms with Crippen molar-refractivity contribution in [2.24, 2.45) is 10.7 Å². The quantitative estimate of drug-likeness (QED) is 0.460. The molecule has 0 spiro atoms. The maximum atomic E-state index is 5.84. The van der Waals surface area contributed by atoms with Crippen LogP contribution in [0, 0.1) is 0 Å². The maximum absolute atomic E-state index is 5.84. The van der Waals surface area contributed by atoms with Crippen LogP contribution in [-0.4, -0.2) is 23.6 Å². The Kier molecular flexibility index (Phi) is 6.31. The molecule has 116 valence electrons. The van der Waals surface area contributed by atoms with Crippen LogP contribution in [0.2, 0.25) is 0 Å². The molecule has 0 atom stereocenters. The van der Waals surface area contributed by atoms with Gasteiger partial charge in [0.25, 0.3) is 0 Å². The number of hydrogen-bond acceptors (Lipinski definition) is 3. The number of guanidine groups is 1. The van der Waals surface area contributed by atoms with Crippen LogP contribution in [0.25, 0.3) is 0 Å². The fourth-order valence-electron chi connectivity index (χ4n) is 2.38. The molecule has 1 aromatic heterocycles. The molecule has 0 aliphatic heterocycles. The SMILES string of the molecule is CCCCNC(N)=NCc1ccc(OC2CCCC2)nc1. The third kappa shape index (κ3) is 5.61. The van der Waals surface area contributed by atoms with Crippen LogP contribution in [0.4, 0.5) is 0 Å². The monoisotopic (exact) mass is 290 g/mol. The summed E-state index contributed by atoms with van der Waals surface area (Å²) in [6, 6.07) is 3.92. The van der Waals surface area contributed by atoms with Crippen LogP contribution in [0.3, 0.4) is 0 Å². The maximum Gasteiger partial charge on any atom is 0.213 e. The molecule has 0 bridgehead atoms. The predicted molar refractivity (Wildman–Crippen MR) is 85.4 cm³/mol. The van der Waals surface area contributed by atoms with E-state index in [0.29, 0.717) is 24.5 Å². The molecule has 1 aliphatic carbocycles. The molecule has 2 rings (SSSR count). The second-order valence-corrected chi connectivity index (χ2v) is 5.51. The van der Waals surface area contributed by atoms with Crippen molar-refractivity contribution >= 4 is 5.96 Å². The molecule has 1 heterocycles. The highest BCUT2D eigenvalue weighted by Gasteiger charge is 2.16. The molecule has 0 unspecified atom stereocenters. The van der Waals surface area contributed by atoms with Gasteiger partial charge in [-0.3, -0.25) is 0 Å². The molecule has 1 aliphatic rings. The normalized spacial score (nSPS) is 16.1. The topological polar surface area (TPSA) is 72.5 Å². The van der Waals surface area contributed by atoms with E-state index >= 15 is 0 Å². The molecule has 1 saturated carbocycles. The number of pyridine rings is 1. The van der Waals surface area contributed by atoms with Crippen molar-refractivity contribution in [3.63, 3.8) is 0 Å². The van der Waals surface area contributed by atoms with Crippen LogP contribution < -0.4 is 15.8 Å². The fourth-order valence-corrected chi connectivity index (χ4v) is 2.38. The first kappa shape index (κ1) is 15.6. The highest BCUT2D eigenvalue weighted by Crippen LogP contribution is 2.22. The van der Waals surface area contributed by atoms with Crippen LogP contribution in [-0.2, 0) is 6.54 Å². The van der Waals surface area contributed by atoms with Crippen molar-refractivity contribution < 1.29 is 4.74 Å². The van der Waals surface area contributed by atoms with Gasteiger partial charge in [0.1, 0.15) is 6.10 Å². The number of hydrogen-bond donors (Lipinski definition) is 2. The van der Waals surface area contributed by atoms with Crippen molar-refractivity contribution in [3.05, 3.63) is 23.9 Å². The van der Waals surface area contributed by atoms with Crippen molar-refractivity contribution in [2.45, 2.75) is 58.1 Å². The standard InChI is InChI=1S/C16H26N4O/c1-2-3-10-18-16(17)20-12-13-8-9-15(19-11-13)21-14-6-4-5-7-14/h8-9,11,14H,2-7,10,12H2,1H3,(H3,17,18,20). The van der Waals surface area contributed by atoms with Crippen molar-refractivity contribution in [1.82, 2.24) is 10.3 Å². The minimum absolute atomic E-state index is 0.347. The molecule has 0 amide bonds. The fraction of sp³-hybridized carbons (Fsp3) is 0.625. The molecular formula is C16H26N4O. The summed E-state index contributed by atoms with van der Waals surface area (Å²) < 4.78 is 5.84. The lowest BCUT2D eigenvalue weighted by Crippen LogP contribution is -2.32. The van der Waals surface area contributed by atoms with Crippen LogP contribution in [0.5, 0.6) is 5.88 Å². The molecule has 3 N–H and O–H groups in total. The summed E-state index contributed by atoms with van der Waals surface area (Å²) in [7, 11) is 0. The zero-order valence-corrected chi connectivity index (χ0v) is 12.8. The molecule has 0 saturated heterocycles. The zero-order valence-electron chi connectivity index (χ0n) is 12.8. The van der Waals surface area contributed by atoms with E-state index in [2.05, 4.69) is 22.2 Å². The van der Waals surface area contributed by atoms with Crippen LogP contribution in [0.1, 0.15) is 51.0 Å². The number of unbranched alkanes of at least 4 members (excludes halogenated alkanes) is 1. The first-order valence-electron chi connectivity index (χ1n) is 7.93. The van der Waals surface area contributed by atoms with E-state index in [1.807, 2.05) is 18.3 Å². The van der Waals surface area contributed by atoms with Gasteiger partial charge >= 0.3 is 0 Å². The van der Waals surface area contributed by atoms with Crippen molar-refractivity contribution in [3.8, 4) is 5.88 Å². The Labute approximate surface area is 127 Å². The summed E-state index contributed by atoms with van der Waals surface area (Å²) in [4.78, 5) is 8.64. The van der Waals surface area contributed by atoms with Gasteiger partial charge < -0.3 is 15.8 Å². The number of aliphatic imine (C=N–C) groups is 1. The molecule has 21 heavy (non-hydrogen) atoms. The molecule has 0 aromatic carbocycles. The van der Waals surface area contributed by atoms with Gasteiger partial charge in [0.15, 0.2) is 5.96 Å². The summed E-state index contributed by atoms with van der Waals surface area (Å²) in [6.45, 7) is 3.57. The summed E-state index contributed by atoms with van der Waals surface area (Å²) in [5, 5.41) is 3.10. The lowest BCUT2D eigenvalue weighted by atomic mass is 10.3. The summed E-state index contributed by atoms with van der Waals surface area (Å²) in [6.07, 6.45) is 9.23. The van der Waals surface area contributed by atoms with E-state index in [1.165, 1.54) is 12.8 Å². The highest BCUT2D eigenvalue weighted by atomic mass is 16.5. The van der Waals surface area contributed by atoms with Crippen molar-refractivity contribution in [1.29, 1.82) is 0 Å². The number of aromatic nitrogens is 1. The molecule has 1 fully saturated rings. The number of nitrogens with two attached hydrogens (primary N) is 1. The second kappa shape index (κ2) is 8.49. The highest BCUT2D eigenvalue weighted by molar-refractivity contribution is 5.77. The van der Waals surface area contributed by atoms with E-state index in [0.717, 1.165) is 37.8 Å². The Hall–Kier alpha value is -1.78. The molecule has 0 radical (unpaired) electrons. The number of nitrogens with zero attached hydrogens (tertiary/aromatic N) is 2. The van der Waals surface area contributed by atoms with E-state index in [9.17, 15) is 0 Å². The second-order valence-electron chi connectivity index (χ2n) is 5.51. The Balaban J connectivity index is 1.77. The summed E-state index contributed by atoms with van der Waals surface area (Å²) in [5.74, 6) is 1.21. The Morgan fingerprint density at radius 2 is 2.24 bits per heavy atom. The van der Waals surface area contributed by atoms with Gasteiger partial charge in [-0.15, -0.1) is 0 Å². The van der Waals surface area contributed by atoms with Crippen LogP contribution in [0.15, 0.2) is 23.3 Å². The van der Waals surface area contributed by atoms with E-state index in [4.69, 9.17) is 10.5 Å². The van der Waals surface area contributed by atoms with E-state index < -0.39 is 0 Å². The lowest BCUT2D eigenvalue weighted by Gasteiger charge is -2.11. The molecule has 5 heteroatoms. The predicted octanol–water partition coefficient (Wildman–Crippen LogP) is 2.61. The molecular weight excluding hydrogens is 264 g/mol.